The molecule has 4 heteroatoms. The van der Waals surface area contributed by atoms with Crippen LogP contribution in [0.2, 0.25) is 0 Å². The quantitative estimate of drug-likeness (QED) is 0.476. The van der Waals surface area contributed by atoms with E-state index < -0.39 is 11.9 Å². The highest BCUT2D eigenvalue weighted by atomic mass is 16.5. The Morgan fingerprint density at radius 1 is 1.12 bits per heavy atom. The molecule has 0 unspecified atom stereocenters. The summed E-state index contributed by atoms with van der Waals surface area (Å²) in [5.41, 5.74) is 3.02. The molecule has 1 N–H and O–H groups in total. The van der Waals surface area contributed by atoms with Crippen molar-refractivity contribution < 1.29 is 19.4 Å². The van der Waals surface area contributed by atoms with Crippen molar-refractivity contribution in [2.45, 2.75) is 33.1 Å². The van der Waals surface area contributed by atoms with E-state index in [2.05, 4.69) is 20.4 Å². The van der Waals surface area contributed by atoms with Crippen molar-refractivity contribution in [2.24, 2.45) is 0 Å². The Bertz CT molecular complexity index is 818. The number of hydrogen-bond donors (Lipinski definition) is 1. The zero-order valence-corrected chi connectivity index (χ0v) is 14.7. The lowest BCUT2D eigenvalue weighted by Crippen LogP contribution is -2.13. The molecule has 0 atom stereocenters. The van der Waals surface area contributed by atoms with Crippen LogP contribution in [0, 0.1) is 0 Å². The summed E-state index contributed by atoms with van der Waals surface area (Å²) in [6, 6.07) is 12.6. The molecule has 25 heavy (non-hydrogen) atoms. The standard InChI is InChI=1S/C21H22O4/c1-13(2)16-9-6-5-8-15(16)12-18-17(20(22)23)10-7-11-19(18)25-21(24)14(3)4/h5-11,13H,3,12H2,1-2,4H3,(H,22,23). The summed E-state index contributed by atoms with van der Waals surface area (Å²) in [6.45, 7) is 9.30. The third kappa shape index (κ3) is 4.35. The Kier molecular flexibility index (Phi) is 5.75. The van der Waals surface area contributed by atoms with Crippen LogP contribution in [-0.4, -0.2) is 17.0 Å². The van der Waals surface area contributed by atoms with Crippen molar-refractivity contribution in [3.63, 3.8) is 0 Å². The molecule has 2 aromatic carbocycles. The van der Waals surface area contributed by atoms with Gasteiger partial charge in [0.25, 0.3) is 0 Å². The van der Waals surface area contributed by atoms with Gasteiger partial charge < -0.3 is 9.84 Å². The average Bonchev–Trinajstić information content (AvgIpc) is 2.56. The Balaban J connectivity index is 2.53. The van der Waals surface area contributed by atoms with E-state index in [9.17, 15) is 14.7 Å². The van der Waals surface area contributed by atoms with Gasteiger partial charge in [-0.15, -0.1) is 0 Å². The van der Waals surface area contributed by atoms with E-state index in [0.717, 1.165) is 11.1 Å². The molecule has 0 aliphatic carbocycles. The molecule has 0 fully saturated rings. The molecule has 0 saturated heterocycles. The van der Waals surface area contributed by atoms with Gasteiger partial charge in [0.05, 0.1) is 5.56 Å². The first-order valence-corrected chi connectivity index (χ1v) is 8.12. The molecular formula is C21H22O4. The summed E-state index contributed by atoms with van der Waals surface area (Å²) < 4.78 is 5.37. The summed E-state index contributed by atoms with van der Waals surface area (Å²) in [7, 11) is 0. The van der Waals surface area contributed by atoms with E-state index in [1.807, 2.05) is 24.3 Å². The highest BCUT2D eigenvalue weighted by Gasteiger charge is 2.19. The Morgan fingerprint density at radius 3 is 2.40 bits per heavy atom. The maximum Gasteiger partial charge on any atom is 0.338 e. The van der Waals surface area contributed by atoms with Gasteiger partial charge in [-0.2, -0.15) is 0 Å². The summed E-state index contributed by atoms with van der Waals surface area (Å²) in [5.74, 6) is -1.06. The third-order valence-corrected chi connectivity index (χ3v) is 3.96. The maximum absolute atomic E-state index is 11.9. The van der Waals surface area contributed by atoms with Gasteiger partial charge >= 0.3 is 11.9 Å². The second kappa shape index (κ2) is 7.79. The summed E-state index contributed by atoms with van der Waals surface area (Å²) in [5, 5.41) is 9.53. The van der Waals surface area contributed by atoms with Gasteiger partial charge in [-0.05, 0) is 36.1 Å². The van der Waals surface area contributed by atoms with E-state index in [1.54, 1.807) is 19.1 Å². The Hall–Kier alpha value is -2.88. The fourth-order valence-corrected chi connectivity index (χ4v) is 2.68. The number of carboxylic acid groups (broad SMARTS) is 1. The number of carboxylic acids is 1. The molecule has 0 aliphatic rings. The highest BCUT2D eigenvalue weighted by molar-refractivity contribution is 5.92. The Morgan fingerprint density at radius 2 is 1.80 bits per heavy atom. The molecule has 2 rings (SSSR count). The van der Waals surface area contributed by atoms with Crippen LogP contribution in [0.15, 0.2) is 54.6 Å². The molecule has 0 radical (unpaired) electrons. The number of carbonyl (C=O) groups excluding carboxylic acids is 1. The number of esters is 1. The lowest BCUT2D eigenvalue weighted by atomic mass is 9.91. The van der Waals surface area contributed by atoms with Gasteiger partial charge in [0.15, 0.2) is 0 Å². The minimum atomic E-state index is -1.05. The second-order valence-electron chi connectivity index (χ2n) is 6.29. The molecule has 0 spiro atoms. The van der Waals surface area contributed by atoms with Crippen LogP contribution in [0.5, 0.6) is 5.75 Å². The second-order valence-corrected chi connectivity index (χ2v) is 6.29. The zero-order valence-electron chi connectivity index (χ0n) is 14.7. The maximum atomic E-state index is 11.9. The normalized spacial score (nSPS) is 10.6. The summed E-state index contributed by atoms with van der Waals surface area (Å²) in [6.07, 6.45) is 0.371. The van der Waals surface area contributed by atoms with Crippen LogP contribution in [0.4, 0.5) is 0 Å². The van der Waals surface area contributed by atoms with E-state index in [4.69, 9.17) is 4.74 Å². The SMILES string of the molecule is C=C(C)C(=O)Oc1cccc(C(=O)O)c1Cc1ccccc1C(C)C. The minimum Gasteiger partial charge on any atom is -0.478 e. The van der Waals surface area contributed by atoms with Crippen molar-refractivity contribution in [1.29, 1.82) is 0 Å². The smallest absolute Gasteiger partial charge is 0.338 e. The number of carbonyl (C=O) groups is 2. The van der Waals surface area contributed by atoms with Crippen molar-refractivity contribution in [2.75, 3.05) is 0 Å². The molecule has 0 aliphatic heterocycles. The molecule has 2 aromatic rings. The molecule has 0 heterocycles. The number of rotatable bonds is 6. The summed E-state index contributed by atoms with van der Waals surface area (Å²) in [4.78, 5) is 23.5. The van der Waals surface area contributed by atoms with Crippen molar-refractivity contribution in [3.05, 3.63) is 76.9 Å². The first kappa shape index (κ1) is 18.5. The van der Waals surface area contributed by atoms with Crippen LogP contribution in [0.1, 0.15) is 53.7 Å². The fraction of sp³-hybridized carbons (Fsp3) is 0.238. The monoisotopic (exact) mass is 338 g/mol. The van der Waals surface area contributed by atoms with Crippen LogP contribution in [-0.2, 0) is 11.2 Å². The number of benzene rings is 2. The van der Waals surface area contributed by atoms with Crippen LogP contribution in [0.25, 0.3) is 0 Å². The topological polar surface area (TPSA) is 63.6 Å². The van der Waals surface area contributed by atoms with Crippen molar-refractivity contribution in [3.8, 4) is 5.75 Å². The van der Waals surface area contributed by atoms with Gasteiger partial charge in [-0.25, -0.2) is 9.59 Å². The van der Waals surface area contributed by atoms with Crippen LogP contribution >= 0.6 is 0 Å². The van der Waals surface area contributed by atoms with Gasteiger partial charge in [0.2, 0.25) is 0 Å². The average molecular weight is 338 g/mol. The molecule has 130 valence electrons. The van der Waals surface area contributed by atoms with Gasteiger partial charge in [0, 0.05) is 17.6 Å². The van der Waals surface area contributed by atoms with Gasteiger partial charge in [0.1, 0.15) is 5.75 Å². The van der Waals surface area contributed by atoms with Gasteiger partial charge in [-0.1, -0.05) is 50.8 Å². The zero-order chi connectivity index (χ0) is 18.6. The first-order chi connectivity index (χ1) is 11.8. The number of hydrogen-bond acceptors (Lipinski definition) is 3. The molecule has 0 aromatic heterocycles. The van der Waals surface area contributed by atoms with E-state index in [1.165, 1.54) is 6.07 Å². The lowest BCUT2D eigenvalue weighted by Gasteiger charge is -2.16. The highest BCUT2D eigenvalue weighted by Crippen LogP contribution is 2.29. The molecule has 0 saturated carbocycles. The van der Waals surface area contributed by atoms with Crippen molar-refractivity contribution in [1.82, 2.24) is 0 Å². The number of ether oxygens (including phenoxy) is 1. The molecule has 4 nitrogen and oxygen atoms in total. The van der Waals surface area contributed by atoms with Crippen LogP contribution < -0.4 is 4.74 Å². The minimum absolute atomic E-state index is 0.130. The van der Waals surface area contributed by atoms with E-state index in [0.29, 0.717) is 17.9 Å². The molecule has 0 amide bonds. The number of aromatic carboxylic acids is 1. The molecular weight excluding hydrogens is 316 g/mol. The third-order valence-electron chi connectivity index (χ3n) is 3.96. The first-order valence-electron chi connectivity index (χ1n) is 8.12. The van der Waals surface area contributed by atoms with Crippen LogP contribution in [0.3, 0.4) is 0 Å². The van der Waals surface area contributed by atoms with E-state index in [-0.39, 0.29) is 16.9 Å². The largest absolute Gasteiger partial charge is 0.478 e. The Labute approximate surface area is 147 Å². The van der Waals surface area contributed by atoms with Gasteiger partial charge in [-0.3, -0.25) is 0 Å². The predicted octanol–water partition coefficient (Wildman–Crippen LogP) is 4.58. The predicted molar refractivity (Wildman–Crippen MR) is 97.2 cm³/mol. The summed E-state index contributed by atoms with van der Waals surface area (Å²) >= 11 is 0. The molecule has 0 bridgehead atoms. The fourth-order valence-electron chi connectivity index (χ4n) is 2.68. The van der Waals surface area contributed by atoms with E-state index >= 15 is 0 Å². The van der Waals surface area contributed by atoms with Crippen molar-refractivity contribution >= 4 is 11.9 Å². The lowest BCUT2D eigenvalue weighted by molar-refractivity contribution is -0.130.